The molecule has 0 aromatic carbocycles. The quantitative estimate of drug-likeness (QED) is 0.843. The Labute approximate surface area is 124 Å². The largest absolute Gasteiger partial charge is 0.379 e. The van der Waals surface area contributed by atoms with E-state index in [-0.39, 0.29) is 12.4 Å². The Morgan fingerprint density at radius 3 is 2.95 bits per heavy atom. The summed E-state index contributed by atoms with van der Waals surface area (Å²) in [6.45, 7) is 5.89. The van der Waals surface area contributed by atoms with Crippen molar-refractivity contribution in [2.45, 2.75) is 6.42 Å². The van der Waals surface area contributed by atoms with Gasteiger partial charge in [-0.05, 0) is 25.1 Å². The molecule has 1 aliphatic rings. The number of halogens is 1. The lowest BCUT2D eigenvalue weighted by molar-refractivity contribution is 0.0378. The van der Waals surface area contributed by atoms with E-state index in [1.807, 2.05) is 18.3 Å². The van der Waals surface area contributed by atoms with Crippen LogP contribution in [-0.4, -0.2) is 58.9 Å². The maximum Gasteiger partial charge on any atom is 0.153 e. The van der Waals surface area contributed by atoms with Crippen LogP contribution in [0.3, 0.4) is 0 Å². The highest BCUT2D eigenvalue weighted by atomic mass is 35.5. The fraction of sp³-hybridized carbons (Fsp3) is 0.538. The predicted octanol–water partition coefficient (Wildman–Crippen LogP) is 1.29. The molecule has 6 nitrogen and oxygen atoms in total. The zero-order valence-electron chi connectivity index (χ0n) is 11.4. The third-order valence-electron chi connectivity index (χ3n) is 3.32. The summed E-state index contributed by atoms with van der Waals surface area (Å²) in [6.07, 6.45) is 4.72. The first kappa shape index (κ1) is 15.0. The Morgan fingerprint density at radius 1 is 1.25 bits per heavy atom. The van der Waals surface area contributed by atoms with Crippen LogP contribution >= 0.6 is 12.4 Å². The average molecular weight is 298 g/mol. The van der Waals surface area contributed by atoms with Gasteiger partial charge >= 0.3 is 0 Å². The van der Waals surface area contributed by atoms with Crippen molar-refractivity contribution in [2.24, 2.45) is 0 Å². The number of imidazole rings is 1. The summed E-state index contributed by atoms with van der Waals surface area (Å²) < 4.78 is 7.11. The number of rotatable bonds is 5. The predicted molar refractivity (Wildman–Crippen MR) is 80.6 cm³/mol. The number of hydrogen-bond acceptors (Lipinski definition) is 5. The van der Waals surface area contributed by atoms with Gasteiger partial charge in [-0.2, -0.15) is 0 Å². The van der Waals surface area contributed by atoms with Crippen LogP contribution < -0.4 is 5.32 Å². The van der Waals surface area contributed by atoms with Crippen molar-refractivity contribution in [3.8, 4) is 0 Å². The molecule has 0 atom stereocenters. The molecule has 1 saturated heterocycles. The molecular weight excluding hydrogens is 278 g/mol. The van der Waals surface area contributed by atoms with Crippen molar-refractivity contribution >= 4 is 23.9 Å². The molecule has 0 spiro atoms. The number of aromatic nitrogens is 3. The van der Waals surface area contributed by atoms with E-state index < -0.39 is 0 Å². The lowest BCUT2D eigenvalue weighted by Gasteiger charge is -2.26. The number of nitrogens with zero attached hydrogens (tertiary/aromatic N) is 4. The van der Waals surface area contributed by atoms with Crippen molar-refractivity contribution in [3.63, 3.8) is 0 Å². The number of fused-ring (bicyclic) bond motifs is 1. The van der Waals surface area contributed by atoms with E-state index in [9.17, 15) is 0 Å². The SMILES string of the molecule is Cl.c1cn2nc(NCCCN3CCOCC3)ccc2n1. The minimum absolute atomic E-state index is 0. The van der Waals surface area contributed by atoms with Crippen LogP contribution in [0.2, 0.25) is 0 Å². The summed E-state index contributed by atoms with van der Waals surface area (Å²) >= 11 is 0. The average Bonchev–Trinajstić information content (AvgIpc) is 2.92. The summed E-state index contributed by atoms with van der Waals surface area (Å²) in [7, 11) is 0. The Morgan fingerprint density at radius 2 is 2.10 bits per heavy atom. The molecule has 0 radical (unpaired) electrons. The normalized spacial score (nSPS) is 16.0. The zero-order valence-corrected chi connectivity index (χ0v) is 12.2. The molecule has 0 aliphatic carbocycles. The highest BCUT2D eigenvalue weighted by Crippen LogP contribution is 2.05. The fourth-order valence-corrected chi connectivity index (χ4v) is 2.25. The summed E-state index contributed by atoms with van der Waals surface area (Å²) in [5, 5.41) is 7.78. The molecule has 0 bridgehead atoms. The van der Waals surface area contributed by atoms with E-state index in [4.69, 9.17) is 4.74 Å². The van der Waals surface area contributed by atoms with E-state index in [0.717, 1.165) is 57.3 Å². The first-order valence-electron chi connectivity index (χ1n) is 6.76. The van der Waals surface area contributed by atoms with Gasteiger partial charge in [0.1, 0.15) is 5.82 Å². The van der Waals surface area contributed by atoms with E-state index in [0.29, 0.717) is 0 Å². The van der Waals surface area contributed by atoms with Crippen molar-refractivity contribution < 1.29 is 4.74 Å². The topological polar surface area (TPSA) is 54.7 Å². The number of morpholine rings is 1. The monoisotopic (exact) mass is 297 g/mol. The number of anilines is 1. The summed E-state index contributed by atoms with van der Waals surface area (Å²) in [6, 6.07) is 3.94. The van der Waals surface area contributed by atoms with E-state index in [1.54, 1.807) is 10.7 Å². The molecule has 3 rings (SSSR count). The van der Waals surface area contributed by atoms with Gasteiger partial charge in [-0.3, -0.25) is 4.90 Å². The van der Waals surface area contributed by atoms with Crippen LogP contribution in [0.4, 0.5) is 5.82 Å². The summed E-state index contributed by atoms with van der Waals surface area (Å²) in [4.78, 5) is 6.61. The number of hydrogen-bond donors (Lipinski definition) is 1. The van der Waals surface area contributed by atoms with Gasteiger partial charge in [0, 0.05) is 32.0 Å². The van der Waals surface area contributed by atoms with Gasteiger partial charge in [-0.25, -0.2) is 9.50 Å². The van der Waals surface area contributed by atoms with E-state index in [2.05, 4.69) is 20.3 Å². The molecule has 0 amide bonds. The molecular formula is C13H20ClN5O. The maximum absolute atomic E-state index is 5.33. The van der Waals surface area contributed by atoms with Gasteiger partial charge in [0.25, 0.3) is 0 Å². The Bertz CT molecular complexity index is 526. The van der Waals surface area contributed by atoms with Gasteiger partial charge in [0.15, 0.2) is 5.65 Å². The third-order valence-corrected chi connectivity index (χ3v) is 3.32. The molecule has 0 saturated carbocycles. The minimum Gasteiger partial charge on any atom is -0.379 e. The Balaban J connectivity index is 0.00000147. The molecule has 2 aromatic rings. The molecule has 20 heavy (non-hydrogen) atoms. The second-order valence-corrected chi connectivity index (χ2v) is 4.68. The van der Waals surface area contributed by atoms with Crippen LogP contribution in [0.15, 0.2) is 24.5 Å². The van der Waals surface area contributed by atoms with Crippen molar-refractivity contribution in [2.75, 3.05) is 44.7 Å². The molecule has 2 aromatic heterocycles. The second-order valence-electron chi connectivity index (χ2n) is 4.68. The number of nitrogens with one attached hydrogen (secondary N) is 1. The van der Waals surface area contributed by atoms with Crippen LogP contribution in [0.1, 0.15) is 6.42 Å². The maximum atomic E-state index is 5.33. The lowest BCUT2D eigenvalue weighted by Crippen LogP contribution is -2.37. The molecule has 1 N–H and O–H groups in total. The molecule has 110 valence electrons. The van der Waals surface area contributed by atoms with E-state index in [1.165, 1.54) is 0 Å². The van der Waals surface area contributed by atoms with Crippen molar-refractivity contribution in [1.29, 1.82) is 0 Å². The van der Waals surface area contributed by atoms with Gasteiger partial charge in [-0.15, -0.1) is 17.5 Å². The smallest absolute Gasteiger partial charge is 0.153 e. The third kappa shape index (κ3) is 3.82. The molecule has 7 heteroatoms. The van der Waals surface area contributed by atoms with Gasteiger partial charge < -0.3 is 10.1 Å². The molecule has 1 fully saturated rings. The molecule has 3 heterocycles. The molecule has 0 unspecified atom stereocenters. The van der Waals surface area contributed by atoms with E-state index >= 15 is 0 Å². The Hall–Kier alpha value is -1.37. The highest BCUT2D eigenvalue weighted by molar-refractivity contribution is 5.85. The van der Waals surface area contributed by atoms with Crippen molar-refractivity contribution in [1.82, 2.24) is 19.5 Å². The van der Waals surface area contributed by atoms with Crippen LogP contribution in [0.25, 0.3) is 5.65 Å². The van der Waals surface area contributed by atoms with Gasteiger partial charge in [-0.1, -0.05) is 0 Å². The minimum atomic E-state index is 0. The van der Waals surface area contributed by atoms with Crippen LogP contribution in [-0.2, 0) is 4.74 Å². The first-order valence-corrected chi connectivity index (χ1v) is 6.76. The van der Waals surface area contributed by atoms with Gasteiger partial charge in [0.2, 0.25) is 0 Å². The van der Waals surface area contributed by atoms with Gasteiger partial charge in [0.05, 0.1) is 13.2 Å². The summed E-state index contributed by atoms with van der Waals surface area (Å²) in [5.41, 5.74) is 0.874. The van der Waals surface area contributed by atoms with Crippen molar-refractivity contribution in [3.05, 3.63) is 24.5 Å². The lowest BCUT2D eigenvalue weighted by atomic mass is 10.3. The first-order chi connectivity index (χ1) is 9.42. The van der Waals surface area contributed by atoms with Crippen LogP contribution in [0, 0.1) is 0 Å². The highest BCUT2D eigenvalue weighted by Gasteiger charge is 2.09. The second kappa shape index (κ2) is 7.42. The standard InChI is InChI=1S/C13H19N5O.ClH/c1(6-17-8-10-19-11-9-17)4-14-12-2-3-13-15-5-7-18(13)16-12;/h2-3,5,7H,1,4,6,8-11H2,(H,14,16);1H. The fourth-order valence-electron chi connectivity index (χ4n) is 2.25. The zero-order chi connectivity index (χ0) is 12.9. The molecule has 1 aliphatic heterocycles. The number of ether oxygens (including phenoxy) is 1. The summed E-state index contributed by atoms with van der Waals surface area (Å²) in [5.74, 6) is 0.896. The van der Waals surface area contributed by atoms with Crippen LogP contribution in [0.5, 0.6) is 0 Å². The Kier molecular flexibility index (Phi) is 5.58.